The molecule has 2 aromatic carbocycles. The van der Waals surface area contributed by atoms with Crippen LogP contribution in [0.15, 0.2) is 60.8 Å². The van der Waals surface area contributed by atoms with Gasteiger partial charge in [-0.15, -0.1) is 0 Å². The Hall–Kier alpha value is -3.41. The molecule has 0 bridgehead atoms. The molecule has 1 aliphatic heterocycles. The zero-order chi connectivity index (χ0) is 21.8. The van der Waals surface area contributed by atoms with Crippen LogP contribution in [-0.2, 0) is 0 Å². The van der Waals surface area contributed by atoms with Crippen LogP contribution >= 0.6 is 0 Å². The fourth-order valence-electron chi connectivity index (χ4n) is 4.07. The lowest BCUT2D eigenvalue weighted by Gasteiger charge is -2.33. The van der Waals surface area contributed by atoms with Crippen LogP contribution in [0.3, 0.4) is 0 Å². The van der Waals surface area contributed by atoms with Crippen molar-refractivity contribution in [1.82, 2.24) is 14.9 Å². The molecule has 4 rings (SSSR count). The number of likely N-dealkylation sites (tertiary alicyclic amines) is 1. The summed E-state index contributed by atoms with van der Waals surface area (Å²) in [5.74, 6) is 1.69. The van der Waals surface area contributed by atoms with Crippen LogP contribution in [0.25, 0.3) is 11.1 Å². The van der Waals surface area contributed by atoms with E-state index in [0.717, 1.165) is 47.5 Å². The zero-order valence-corrected chi connectivity index (χ0v) is 18.3. The lowest BCUT2D eigenvalue weighted by Crippen LogP contribution is -2.39. The molecule has 0 radical (unpaired) electrons. The van der Waals surface area contributed by atoms with Gasteiger partial charge in [-0.05, 0) is 42.7 Å². The first-order chi connectivity index (χ1) is 15.1. The molecule has 1 amide bonds. The Morgan fingerprint density at radius 3 is 2.68 bits per heavy atom. The number of benzene rings is 2. The van der Waals surface area contributed by atoms with Gasteiger partial charge in [0.25, 0.3) is 5.91 Å². The van der Waals surface area contributed by atoms with Crippen molar-refractivity contribution >= 4 is 11.9 Å². The van der Waals surface area contributed by atoms with Gasteiger partial charge in [-0.25, -0.2) is 9.97 Å². The quantitative estimate of drug-likeness (QED) is 0.623. The lowest BCUT2D eigenvalue weighted by atomic mass is 9.89. The Balaban J connectivity index is 1.69. The predicted molar refractivity (Wildman–Crippen MR) is 123 cm³/mol. The third kappa shape index (κ3) is 4.53. The van der Waals surface area contributed by atoms with Crippen LogP contribution in [0, 0.1) is 0 Å². The maximum atomic E-state index is 13.1. The molecule has 3 aromatic rings. The van der Waals surface area contributed by atoms with Crippen LogP contribution in [0.1, 0.15) is 34.8 Å². The van der Waals surface area contributed by atoms with Crippen LogP contribution in [-0.4, -0.2) is 55.1 Å². The molecule has 0 aliphatic carbocycles. The summed E-state index contributed by atoms with van der Waals surface area (Å²) >= 11 is 0. The number of aromatic nitrogens is 2. The minimum atomic E-state index is 0.0788. The third-order valence-electron chi connectivity index (χ3n) is 5.70. The second-order valence-corrected chi connectivity index (χ2v) is 8.05. The summed E-state index contributed by atoms with van der Waals surface area (Å²) in [5.41, 5.74) is 3.72. The topological polar surface area (TPSA) is 58.6 Å². The van der Waals surface area contributed by atoms with Crippen molar-refractivity contribution in [2.45, 2.75) is 18.8 Å². The fourth-order valence-corrected chi connectivity index (χ4v) is 4.07. The number of nitrogens with zero attached hydrogens (tertiary/aromatic N) is 4. The number of hydrogen-bond donors (Lipinski definition) is 0. The molecule has 0 unspecified atom stereocenters. The molecule has 1 saturated heterocycles. The van der Waals surface area contributed by atoms with Gasteiger partial charge in [0.1, 0.15) is 5.75 Å². The van der Waals surface area contributed by atoms with E-state index in [1.54, 1.807) is 7.11 Å². The molecule has 1 fully saturated rings. The standard InChI is InChI=1S/C25H28N4O2/c1-28(2)25-26-16-22(19-11-7-13-21(15-19)31-3)23(27-25)20-12-8-14-29(17-20)24(30)18-9-5-4-6-10-18/h4-7,9-11,13,15-16,20H,8,12,14,17H2,1-3H3/t20-/m0/s1. The van der Waals surface area contributed by atoms with E-state index in [1.165, 1.54) is 0 Å². The number of anilines is 1. The summed E-state index contributed by atoms with van der Waals surface area (Å²) in [5, 5.41) is 0. The summed E-state index contributed by atoms with van der Waals surface area (Å²) < 4.78 is 5.42. The first-order valence-corrected chi connectivity index (χ1v) is 10.6. The molecular formula is C25H28N4O2. The molecule has 0 saturated carbocycles. The highest BCUT2D eigenvalue weighted by molar-refractivity contribution is 5.94. The summed E-state index contributed by atoms with van der Waals surface area (Å²) in [7, 11) is 5.55. The van der Waals surface area contributed by atoms with E-state index in [2.05, 4.69) is 11.1 Å². The van der Waals surface area contributed by atoms with E-state index < -0.39 is 0 Å². The third-order valence-corrected chi connectivity index (χ3v) is 5.70. The Kier molecular flexibility index (Phi) is 6.16. The summed E-state index contributed by atoms with van der Waals surface area (Å²) in [4.78, 5) is 26.4. The van der Waals surface area contributed by atoms with Crippen molar-refractivity contribution in [2.75, 3.05) is 39.2 Å². The lowest BCUT2D eigenvalue weighted by molar-refractivity contribution is 0.0706. The van der Waals surface area contributed by atoms with Crippen molar-refractivity contribution in [3.63, 3.8) is 0 Å². The Labute approximate surface area is 183 Å². The van der Waals surface area contributed by atoms with E-state index in [1.807, 2.05) is 78.6 Å². The highest BCUT2D eigenvalue weighted by atomic mass is 16.5. The number of hydrogen-bond acceptors (Lipinski definition) is 5. The van der Waals surface area contributed by atoms with Gasteiger partial charge in [0.2, 0.25) is 5.95 Å². The number of methoxy groups -OCH3 is 1. The van der Waals surface area contributed by atoms with Crippen molar-refractivity contribution in [3.8, 4) is 16.9 Å². The van der Waals surface area contributed by atoms with Gasteiger partial charge in [-0.1, -0.05) is 30.3 Å². The monoisotopic (exact) mass is 416 g/mol. The number of ether oxygens (including phenoxy) is 1. The zero-order valence-electron chi connectivity index (χ0n) is 18.3. The fraction of sp³-hybridized carbons (Fsp3) is 0.320. The Bertz CT molecular complexity index is 1050. The van der Waals surface area contributed by atoms with Crippen LogP contribution in [0.5, 0.6) is 5.75 Å². The molecule has 1 aliphatic rings. The Morgan fingerprint density at radius 1 is 1.13 bits per heavy atom. The number of carbonyl (C=O) groups excluding carboxylic acids is 1. The number of piperidine rings is 1. The maximum Gasteiger partial charge on any atom is 0.253 e. The van der Waals surface area contributed by atoms with Gasteiger partial charge in [-0.2, -0.15) is 0 Å². The van der Waals surface area contributed by atoms with E-state index in [-0.39, 0.29) is 11.8 Å². The van der Waals surface area contributed by atoms with Crippen LogP contribution in [0.2, 0.25) is 0 Å². The molecule has 31 heavy (non-hydrogen) atoms. The second-order valence-electron chi connectivity index (χ2n) is 8.05. The number of rotatable bonds is 5. The van der Waals surface area contributed by atoms with Crippen molar-refractivity contribution < 1.29 is 9.53 Å². The van der Waals surface area contributed by atoms with Gasteiger partial charge in [0.15, 0.2) is 0 Å². The smallest absolute Gasteiger partial charge is 0.253 e. The summed E-state index contributed by atoms with van der Waals surface area (Å²) in [6, 6.07) is 17.5. The van der Waals surface area contributed by atoms with Crippen LogP contribution in [0.4, 0.5) is 5.95 Å². The minimum absolute atomic E-state index is 0.0788. The van der Waals surface area contributed by atoms with Gasteiger partial charge < -0.3 is 14.5 Å². The van der Waals surface area contributed by atoms with Crippen molar-refractivity contribution in [2.24, 2.45) is 0 Å². The highest BCUT2D eigenvalue weighted by Crippen LogP contribution is 2.35. The number of amides is 1. The molecule has 6 nitrogen and oxygen atoms in total. The molecule has 1 aromatic heterocycles. The summed E-state index contributed by atoms with van der Waals surface area (Å²) in [6.07, 6.45) is 3.83. The summed E-state index contributed by atoms with van der Waals surface area (Å²) in [6.45, 7) is 1.42. The van der Waals surface area contributed by atoms with E-state index in [0.29, 0.717) is 12.5 Å². The molecule has 0 spiro atoms. The first kappa shape index (κ1) is 20.8. The number of carbonyl (C=O) groups is 1. The van der Waals surface area contributed by atoms with Gasteiger partial charge in [-0.3, -0.25) is 4.79 Å². The highest BCUT2D eigenvalue weighted by Gasteiger charge is 2.29. The van der Waals surface area contributed by atoms with E-state index >= 15 is 0 Å². The molecule has 160 valence electrons. The SMILES string of the molecule is COc1cccc(-c2cnc(N(C)C)nc2[C@H]2CCCN(C(=O)c3ccccc3)C2)c1. The first-order valence-electron chi connectivity index (χ1n) is 10.6. The Morgan fingerprint density at radius 2 is 1.94 bits per heavy atom. The largest absolute Gasteiger partial charge is 0.497 e. The van der Waals surface area contributed by atoms with Gasteiger partial charge >= 0.3 is 0 Å². The van der Waals surface area contributed by atoms with E-state index in [4.69, 9.17) is 9.72 Å². The van der Waals surface area contributed by atoms with Gasteiger partial charge in [0.05, 0.1) is 12.8 Å². The van der Waals surface area contributed by atoms with Crippen LogP contribution < -0.4 is 9.64 Å². The normalized spacial score (nSPS) is 16.1. The molecule has 2 heterocycles. The average Bonchev–Trinajstić information content (AvgIpc) is 2.83. The molecule has 6 heteroatoms. The second kappa shape index (κ2) is 9.16. The molecular weight excluding hydrogens is 388 g/mol. The van der Waals surface area contributed by atoms with Crippen molar-refractivity contribution in [1.29, 1.82) is 0 Å². The predicted octanol–water partition coefficient (Wildman–Crippen LogP) is 4.24. The van der Waals surface area contributed by atoms with Crippen molar-refractivity contribution in [3.05, 3.63) is 72.1 Å². The minimum Gasteiger partial charge on any atom is -0.497 e. The van der Waals surface area contributed by atoms with Gasteiger partial charge in [0, 0.05) is 50.4 Å². The van der Waals surface area contributed by atoms with E-state index in [9.17, 15) is 4.79 Å². The molecule has 0 N–H and O–H groups in total. The maximum absolute atomic E-state index is 13.1. The average molecular weight is 417 g/mol. The molecule has 1 atom stereocenters.